The highest BCUT2D eigenvalue weighted by Gasteiger charge is 2.08. The van der Waals surface area contributed by atoms with Gasteiger partial charge in [-0.2, -0.15) is 5.26 Å². The SMILES string of the molecule is CN(CCC#N)CC(=O)Nc1ccc(Cl)cc1N. The zero-order valence-electron chi connectivity index (χ0n) is 10.1. The van der Waals surface area contributed by atoms with E-state index >= 15 is 0 Å². The van der Waals surface area contributed by atoms with Gasteiger partial charge in [-0.05, 0) is 25.2 Å². The molecule has 0 spiro atoms. The third-order valence-electron chi connectivity index (χ3n) is 2.31. The van der Waals surface area contributed by atoms with Crippen LogP contribution in [0, 0.1) is 11.3 Å². The molecule has 0 bridgehead atoms. The van der Waals surface area contributed by atoms with Gasteiger partial charge in [0.2, 0.25) is 5.91 Å². The van der Waals surface area contributed by atoms with Crippen molar-refractivity contribution in [3.05, 3.63) is 23.2 Å². The largest absolute Gasteiger partial charge is 0.397 e. The topological polar surface area (TPSA) is 82.2 Å². The lowest BCUT2D eigenvalue weighted by Gasteiger charge is -2.15. The van der Waals surface area contributed by atoms with Crippen LogP contribution in [0.25, 0.3) is 0 Å². The van der Waals surface area contributed by atoms with Gasteiger partial charge in [0.05, 0.1) is 24.0 Å². The first-order valence-electron chi connectivity index (χ1n) is 5.43. The van der Waals surface area contributed by atoms with Crippen molar-refractivity contribution in [2.45, 2.75) is 6.42 Å². The molecule has 0 saturated carbocycles. The van der Waals surface area contributed by atoms with E-state index in [0.717, 1.165) is 0 Å². The Labute approximate surface area is 111 Å². The Balaban J connectivity index is 2.52. The van der Waals surface area contributed by atoms with Crippen LogP contribution < -0.4 is 11.1 Å². The number of nitriles is 1. The van der Waals surface area contributed by atoms with Crippen LogP contribution in [0.3, 0.4) is 0 Å². The molecular weight excluding hydrogens is 252 g/mol. The molecule has 0 radical (unpaired) electrons. The van der Waals surface area contributed by atoms with Gasteiger partial charge in [0, 0.05) is 18.0 Å². The molecule has 1 aromatic rings. The molecule has 0 heterocycles. The molecule has 0 unspecified atom stereocenters. The Hall–Kier alpha value is -1.77. The lowest BCUT2D eigenvalue weighted by molar-refractivity contribution is -0.117. The summed E-state index contributed by atoms with van der Waals surface area (Å²) in [7, 11) is 1.78. The van der Waals surface area contributed by atoms with E-state index in [2.05, 4.69) is 5.32 Å². The van der Waals surface area contributed by atoms with Gasteiger partial charge in [-0.15, -0.1) is 0 Å². The Morgan fingerprint density at radius 1 is 1.61 bits per heavy atom. The summed E-state index contributed by atoms with van der Waals surface area (Å²) in [6, 6.07) is 6.93. The quantitative estimate of drug-likeness (QED) is 0.795. The van der Waals surface area contributed by atoms with Gasteiger partial charge in [-0.3, -0.25) is 9.69 Å². The van der Waals surface area contributed by atoms with Gasteiger partial charge in [-0.25, -0.2) is 0 Å². The lowest BCUT2D eigenvalue weighted by Crippen LogP contribution is -2.31. The Kier molecular flexibility index (Phi) is 5.43. The molecule has 0 saturated heterocycles. The van der Waals surface area contributed by atoms with E-state index in [4.69, 9.17) is 22.6 Å². The predicted molar refractivity (Wildman–Crippen MR) is 72.2 cm³/mol. The van der Waals surface area contributed by atoms with Crippen LogP contribution in [0.1, 0.15) is 6.42 Å². The van der Waals surface area contributed by atoms with E-state index in [0.29, 0.717) is 29.4 Å². The maximum Gasteiger partial charge on any atom is 0.238 e. The summed E-state index contributed by atoms with van der Waals surface area (Å²) < 4.78 is 0. The monoisotopic (exact) mass is 266 g/mol. The minimum Gasteiger partial charge on any atom is -0.397 e. The Bertz CT molecular complexity index is 470. The summed E-state index contributed by atoms with van der Waals surface area (Å²) in [6.07, 6.45) is 0.396. The average Bonchev–Trinajstić information content (AvgIpc) is 2.30. The molecule has 18 heavy (non-hydrogen) atoms. The molecule has 96 valence electrons. The second kappa shape index (κ2) is 6.84. The highest BCUT2D eigenvalue weighted by atomic mass is 35.5. The first-order chi connectivity index (χ1) is 8.52. The van der Waals surface area contributed by atoms with Crippen LogP contribution in [-0.2, 0) is 4.79 Å². The number of halogens is 1. The van der Waals surface area contributed by atoms with Gasteiger partial charge < -0.3 is 11.1 Å². The summed E-state index contributed by atoms with van der Waals surface area (Å²) in [5.41, 5.74) is 6.69. The number of anilines is 2. The van der Waals surface area contributed by atoms with Crippen molar-refractivity contribution >= 4 is 28.9 Å². The summed E-state index contributed by atoms with van der Waals surface area (Å²) in [5, 5.41) is 11.7. The van der Waals surface area contributed by atoms with Crippen molar-refractivity contribution in [1.82, 2.24) is 4.90 Å². The minimum absolute atomic E-state index is 0.176. The van der Waals surface area contributed by atoms with Gasteiger partial charge in [0.15, 0.2) is 0 Å². The second-order valence-electron chi connectivity index (χ2n) is 3.93. The number of carbonyl (C=O) groups is 1. The van der Waals surface area contributed by atoms with Crippen molar-refractivity contribution in [2.24, 2.45) is 0 Å². The molecule has 0 aromatic heterocycles. The average molecular weight is 267 g/mol. The van der Waals surface area contributed by atoms with Crippen LogP contribution in [-0.4, -0.2) is 30.9 Å². The number of carbonyl (C=O) groups excluding carboxylic acids is 1. The molecule has 0 aliphatic rings. The summed E-state index contributed by atoms with van der Waals surface area (Å²) >= 11 is 5.76. The molecule has 0 fully saturated rings. The van der Waals surface area contributed by atoms with Gasteiger partial charge in [-0.1, -0.05) is 11.6 Å². The number of amides is 1. The number of rotatable bonds is 5. The molecule has 1 aromatic carbocycles. The number of hydrogen-bond donors (Lipinski definition) is 2. The molecule has 3 N–H and O–H groups in total. The normalized spacial score (nSPS) is 10.1. The molecule has 0 aliphatic heterocycles. The Morgan fingerprint density at radius 3 is 2.94 bits per heavy atom. The lowest BCUT2D eigenvalue weighted by atomic mass is 10.2. The van der Waals surface area contributed by atoms with E-state index in [1.165, 1.54) is 0 Å². The number of benzene rings is 1. The van der Waals surface area contributed by atoms with Crippen molar-refractivity contribution in [1.29, 1.82) is 5.26 Å². The van der Waals surface area contributed by atoms with E-state index in [1.54, 1.807) is 30.1 Å². The molecule has 6 heteroatoms. The van der Waals surface area contributed by atoms with E-state index in [-0.39, 0.29) is 12.5 Å². The van der Waals surface area contributed by atoms with Crippen LogP contribution in [0.2, 0.25) is 5.02 Å². The van der Waals surface area contributed by atoms with Crippen molar-refractivity contribution in [2.75, 3.05) is 31.2 Å². The summed E-state index contributed by atoms with van der Waals surface area (Å²) in [6.45, 7) is 0.768. The van der Waals surface area contributed by atoms with E-state index < -0.39 is 0 Å². The van der Waals surface area contributed by atoms with Crippen LogP contribution in [0.4, 0.5) is 11.4 Å². The smallest absolute Gasteiger partial charge is 0.238 e. The highest BCUT2D eigenvalue weighted by molar-refractivity contribution is 6.31. The van der Waals surface area contributed by atoms with Crippen LogP contribution in [0.15, 0.2) is 18.2 Å². The zero-order chi connectivity index (χ0) is 13.5. The molecule has 0 atom stereocenters. The van der Waals surface area contributed by atoms with E-state index in [9.17, 15) is 4.79 Å². The van der Waals surface area contributed by atoms with Crippen molar-refractivity contribution < 1.29 is 4.79 Å². The zero-order valence-corrected chi connectivity index (χ0v) is 10.9. The maximum atomic E-state index is 11.7. The predicted octanol–water partition coefficient (Wildman–Crippen LogP) is 1.71. The van der Waals surface area contributed by atoms with E-state index in [1.807, 2.05) is 6.07 Å². The van der Waals surface area contributed by atoms with Crippen molar-refractivity contribution in [3.8, 4) is 6.07 Å². The summed E-state index contributed by atoms with van der Waals surface area (Å²) in [4.78, 5) is 13.5. The number of nitrogens with two attached hydrogens (primary N) is 1. The molecule has 1 amide bonds. The van der Waals surface area contributed by atoms with Crippen LogP contribution >= 0.6 is 11.6 Å². The van der Waals surface area contributed by atoms with Crippen LogP contribution in [0.5, 0.6) is 0 Å². The number of nitrogens with zero attached hydrogens (tertiary/aromatic N) is 2. The first kappa shape index (κ1) is 14.3. The second-order valence-corrected chi connectivity index (χ2v) is 4.36. The third-order valence-corrected chi connectivity index (χ3v) is 2.54. The van der Waals surface area contributed by atoms with Gasteiger partial charge in [0.1, 0.15) is 0 Å². The van der Waals surface area contributed by atoms with Crippen molar-refractivity contribution in [3.63, 3.8) is 0 Å². The molecule has 5 nitrogen and oxygen atoms in total. The summed E-state index contributed by atoms with van der Waals surface area (Å²) in [5.74, 6) is -0.176. The molecule has 0 aliphatic carbocycles. The number of likely N-dealkylation sites (N-methyl/N-ethyl adjacent to an activating group) is 1. The first-order valence-corrected chi connectivity index (χ1v) is 5.81. The molecule has 1 rings (SSSR count). The minimum atomic E-state index is -0.176. The number of hydrogen-bond acceptors (Lipinski definition) is 4. The third kappa shape index (κ3) is 4.62. The highest BCUT2D eigenvalue weighted by Crippen LogP contribution is 2.22. The Morgan fingerprint density at radius 2 is 2.33 bits per heavy atom. The fraction of sp³-hybridized carbons (Fsp3) is 0.333. The number of nitrogen functional groups attached to an aromatic ring is 1. The number of nitrogens with one attached hydrogen (secondary N) is 1. The fourth-order valence-corrected chi connectivity index (χ4v) is 1.58. The maximum absolute atomic E-state index is 11.7. The fourth-order valence-electron chi connectivity index (χ4n) is 1.40. The van der Waals surface area contributed by atoms with Gasteiger partial charge in [0.25, 0.3) is 0 Å². The molecular formula is C12H15ClN4O. The standard InChI is InChI=1S/C12H15ClN4O/c1-17(6-2-5-14)8-12(18)16-11-4-3-9(13)7-10(11)15/h3-4,7H,2,6,8,15H2,1H3,(H,16,18). The van der Waals surface area contributed by atoms with Gasteiger partial charge >= 0.3 is 0 Å².